The molecule has 0 spiro atoms. The minimum Gasteiger partial charge on any atom is -0.494 e. The van der Waals surface area contributed by atoms with E-state index in [-0.39, 0.29) is 23.5 Å². The smallest absolute Gasteiger partial charge is 0.171 e. The first kappa shape index (κ1) is 21.8. The molecule has 8 heteroatoms. The van der Waals surface area contributed by atoms with Crippen LogP contribution in [0.15, 0.2) is 24.5 Å². The van der Waals surface area contributed by atoms with Gasteiger partial charge in [0, 0.05) is 59.2 Å². The molecule has 0 saturated carbocycles. The van der Waals surface area contributed by atoms with E-state index in [1.807, 2.05) is 24.6 Å². The van der Waals surface area contributed by atoms with Gasteiger partial charge in [-0.15, -0.1) is 0 Å². The zero-order chi connectivity index (χ0) is 23.0. The average molecular weight is 440 g/mol. The lowest BCUT2D eigenvalue weighted by Crippen LogP contribution is -2.03. The van der Waals surface area contributed by atoms with Gasteiger partial charge in [-0.05, 0) is 31.9 Å². The summed E-state index contributed by atoms with van der Waals surface area (Å²) in [7, 11) is 2.68. The Balaban J connectivity index is 1.81. The fraction of sp³-hybridized carbons (Fsp3) is 0.333. The van der Waals surface area contributed by atoms with E-state index >= 15 is 0 Å². The van der Waals surface area contributed by atoms with Crippen LogP contribution >= 0.6 is 0 Å². The quantitative estimate of drug-likeness (QED) is 0.421. The van der Waals surface area contributed by atoms with Crippen molar-refractivity contribution in [3.63, 3.8) is 0 Å². The zero-order valence-corrected chi connectivity index (χ0v) is 18.8. The summed E-state index contributed by atoms with van der Waals surface area (Å²) < 4.78 is 41.9. The Hall–Kier alpha value is -3.42. The Kier molecular flexibility index (Phi) is 5.86. The van der Waals surface area contributed by atoms with Crippen LogP contribution in [0.2, 0.25) is 0 Å². The number of H-pyrrole nitrogens is 1. The minimum atomic E-state index is -0.739. The van der Waals surface area contributed by atoms with Crippen molar-refractivity contribution in [1.82, 2.24) is 19.7 Å². The van der Waals surface area contributed by atoms with Gasteiger partial charge in [0.25, 0.3) is 0 Å². The molecule has 0 saturated heterocycles. The highest BCUT2D eigenvalue weighted by molar-refractivity contribution is 5.85. The molecule has 0 aliphatic rings. The summed E-state index contributed by atoms with van der Waals surface area (Å²) >= 11 is 0. The van der Waals surface area contributed by atoms with Crippen LogP contribution in [-0.2, 0) is 13.0 Å². The number of aromatic nitrogens is 4. The van der Waals surface area contributed by atoms with Gasteiger partial charge in [-0.25, -0.2) is 13.8 Å². The molecule has 1 aromatic carbocycles. The standard InChI is InChI=1S/C24H26F2N4O2/c1-6-7-30-14(3)21(13(2)29-30)16-9-17-15(11-27-24(17)28-12-16)8-18-22(25)19(31-4)10-20(32-5)23(18)26/h9-12H,6-8H2,1-5H3,(H,27,28). The lowest BCUT2D eigenvalue weighted by Gasteiger charge is -2.12. The maximum Gasteiger partial charge on any atom is 0.171 e. The van der Waals surface area contributed by atoms with E-state index in [0.29, 0.717) is 5.65 Å². The van der Waals surface area contributed by atoms with Crippen molar-refractivity contribution < 1.29 is 18.3 Å². The number of aromatic amines is 1. The summed E-state index contributed by atoms with van der Waals surface area (Å²) in [6, 6.07) is 3.21. The molecule has 3 aromatic heterocycles. The number of halogens is 2. The Morgan fingerprint density at radius 1 is 1.06 bits per heavy atom. The van der Waals surface area contributed by atoms with Crippen molar-refractivity contribution in [1.29, 1.82) is 0 Å². The van der Waals surface area contributed by atoms with E-state index in [1.165, 1.54) is 20.3 Å². The first-order valence-corrected chi connectivity index (χ1v) is 10.5. The third-order valence-electron chi connectivity index (χ3n) is 5.75. The van der Waals surface area contributed by atoms with Crippen molar-refractivity contribution in [3.05, 3.63) is 58.7 Å². The molecule has 0 amide bonds. The molecule has 1 N–H and O–H groups in total. The Labute approximate surface area is 185 Å². The number of nitrogens with zero attached hydrogens (tertiary/aromatic N) is 3. The van der Waals surface area contributed by atoms with E-state index in [4.69, 9.17) is 9.47 Å². The van der Waals surface area contributed by atoms with Gasteiger partial charge in [-0.1, -0.05) is 6.92 Å². The monoisotopic (exact) mass is 440 g/mol. The van der Waals surface area contributed by atoms with Crippen LogP contribution in [0, 0.1) is 25.5 Å². The summed E-state index contributed by atoms with van der Waals surface area (Å²) in [5, 5.41) is 5.45. The third kappa shape index (κ3) is 3.59. The van der Waals surface area contributed by atoms with Gasteiger partial charge in [0.05, 0.1) is 19.9 Å². The summed E-state index contributed by atoms with van der Waals surface area (Å²) in [5.41, 5.74) is 5.19. The first-order chi connectivity index (χ1) is 15.4. The molecule has 0 radical (unpaired) electrons. The molecule has 4 rings (SSSR count). The summed E-state index contributed by atoms with van der Waals surface area (Å²) in [4.78, 5) is 7.64. The summed E-state index contributed by atoms with van der Waals surface area (Å²) in [6.45, 7) is 6.97. The van der Waals surface area contributed by atoms with Gasteiger partial charge in [-0.2, -0.15) is 5.10 Å². The minimum absolute atomic E-state index is 0.0173. The predicted octanol–water partition coefficient (Wildman–Crippen LogP) is 5.34. The Morgan fingerprint density at radius 3 is 2.38 bits per heavy atom. The van der Waals surface area contributed by atoms with E-state index < -0.39 is 11.6 Å². The van der Waals surface area contributed by atoms with Gasteiger partial charge in [0.1, 0.15) is 5.65 Å². The maximum atomic E-state index is 14.9. The highest BCUT2D eigenvalue weighted by Gasteiger charge is 2.22. The number of rotatable bonds is 7. The van der Waals surface area contributed by atoms with E-state index in [0.717, 1.165) is 46.4 Å². The first-order valence-electron chi connectivity index (χ1n) is 10.5. The van der Waals surface area contributed by atoms with Gasteiger partial charge in [0.15, 0.2) is 23.1 Å². The number of nitrogens with one attached hydrogen (secondary N) is 1. The normalized spacial score (nSPS) is 11.3. The molecule has 3 heterocycles. The van der Waals surface area contributed by atoms with Crippen molar-refractivity contribution in [2.45, 2.75) is 40.2 Å². The fourth-order valence-corrected chi connectivity index (χ4v) is 4.17. The number of fused-ring (bicyclic) bond motifs is 1. The van der Waals surface area contributed by atoms with Crippen molar-refractivity contribution in [2.24, 2.45) is 0 Å². The molecule has 6 nitrogen and oxygen atoms in total. The van der Waals surface area contributed by atoms with Crippen LogP contribution in [-0.4, -0.2) is 34.0 Å². The second-order valence-electron chi connectivity index (χ2n) is 7.77. The Bertz CT molecular complexity index is 1270. The molecule has 32 heavy (non-hydrogen) atoms. The maximum absolute atomic E-state index is 14.9. The van der Waals surface area contributed by atoms with Crippen LogP contribution in [0.4, 0.5) is 8.78 Å². The number of pyridine rings is 1. The second kappa shape index (κ2) is 8.61. The van der Waals surface area contributed by atoms with Crippen LogP contribution < -0.4 is 9.47 Å². The third-order valence-corrected chi connectivity index (χ3v) is 5.75. The molecule has 0 aliphatic carbocycles. The number of hydrogen-bond donors (Lipinski definition) is 1. The molecule has 0 atom stereocenters. The van der Waals surface area contributed by atoms with Gasteiger partial charge >= 0.3 is 0 Å². The fourth-order valence-electron chi connectivity index (χ4n) is 4.17. The van der Waals surface area contributed by atoms with Crippen molar-refractivity contribution in [3.8, 4) is 22.6 Å². The molecule has 4 aromatic rings. The molecule has 0 aliphatic heterocycles. The van der Waals surface area contributed by atoms with E-state index in [9.17, 15) is 8.78 Å². The number of ether oxygens (including phenoxy) is 2. The molecule has 0 bridgehead atoms. The number of methoxy groups -OCH3 is 2. The van der Waals surface area contributed by atoms with Gasteiger partial charge in [-0.3, -0.25) is 4.68 Å². The van der Waals surface area contributed by atoms with E-state index in [2.05, 4.69) is 22.0 Å². The lowest BCUT2D eigenvalue weighted by atomic mass is 10.00. The Morgan fingerprint density at radius 2 is 1.75 bits per heavy atom. The second-order valence-corrected chi connectivity index (χ2v) is 7.77. The van der Waals surface area contributed by atoms with Gasteiger partial charge in [0.2, 0.25) is 0 Å². The highest BCUT2D eigenvalue weighted by atomic mass is 19.1. The zero-order valence-electron chi connectivity index (χ0n) is 18.8. The molecular weight excluding hydrogens is 414 g/mol. The largest absolute Gasteiger partial charge is 0.494 e. The topological polar surface area (TPSA) is 65.0 Å². The average Bonchev–Trinajstić information content (AvgIpc) is 3.31. The van der Waals surface area contributed by atoms with Crippen LogP contribution in [0.25, 0.3) is 22.2 Å². The van der Waals surface area contributed by atoms with E-state index in [1.54, 1.807) is 12.4 Å². The van der Waals surface area contributed by atoms with Crippen LogP contribution in [0.3, 0.4) is 0 Å². The molecule has 0 fully saturated rings. The number of benzene rings is 1. The lowest BCUT2D eigenvalue weighted by molar-refractivity contribution is 0.354. The van der Waals surface area contributed by atoms with Gasteiger partial charge < -0.3 is 14.5 Å². The van der Waals surface area contributed by atoms with Crippen LogP contribution in [0.5, 0.6) is 11.5 Å². The molecule has 0 unspecified atom stereocenters. The van der Waals surface area contributed by atoms with Crippen molar-refractivity contribution in [2.75, 3.05) is 14.2 Å². The highest BCUT2D eigenvalue weighted by Crippen LogP contribution is 2.35. The molecular formula is C24H26F2N4O2. The summed E-state index contributed by atoms with van der Waals surface area (Å²) in [5.74, 6) is -1.61. The van der Waals surface area contributed by atoms with Crippen molar-refractivity contribution >= 4 is 11.0 Å². The van der Waals surface area contributed by atoms with Crippen LogP contribution in [0.1, 0.15) is 35.9 Å². The predicted molar refractivity (Wildman–Crippen MR) is 119 cm³/mol. The number of hydrogen-bond acceptors (Lipinski definition) is 4. The number of aryl methyl sites for hydroxylation is 2. The SMILES string of the molecule is CCCn1nc(C)c(-c2cnc3[nH]cc(Cc4c(F)c(OC)cc(OC)c4F)c3c2)c1C. The molecule has 168 valence electrons. The summed E-state index contributed by atoms with van der Waals surface area (Å²) in [6.07, 6.45) is 4.53.